The van der Waals surface area contributed by atoms with Crippen molar-refractivity contribution in [3.63, 3.8) is 0 Å². The number of benzene rings is 6. The maximum absolute atomic E-state index is 2.76. The van der Waals surface area contributed by atoms with Gasteiger partial charge in [-0.25, -0.2) is 0 Å². The average Bonchev–Trinajstić information content (AvgIpc) is 1.44. The number of thiophene rings is 1. The fourth-order valence-corrected chi connectivity index (χ4v) is 17.6. The summed E-state index contributed by atoms with van der Waals surface area (Å²) in [6, 6.07) is 42.8. The van der Waals surface area contributed by atoms with Crippen molar-refractivity contribution in [3.8, 4) is 0 Å². The lowest BCUT2D eigenvalue weighted by atomic mass is 9.36. The molecular weight excluding hydrogens is 1010 g/mol. The van der Waals surface area contributed by atoms with E-state index in [1.807, 2.05) is 0 Å². The van der Waals surface area contributed by atoms with Gasteiger partial charge in [0.05, 0.1) is 5.69 Å². The second kappa shape index (κ2) is 18.4. The quantitative estimate of drug-likeness (QED) is 0.159. The molecule has 1 aromatic heterocycles. The molecule has 0 radical (unpaired) electrons. The molecule has 424 valence electrons. The second-order valence-corrected chi connectivity index (χ2v) is 33.0. The van der Waals surface area contributed by atoms with Crippen LogP contribution in [0.1, 0.15) is 220 Å². The van der Waals surface area contributed by atoms with Gasteiger partial charge in [0.15, 0.2) is 0 Å². The van der Waals surface area contributed by atoms with Crippen molar-refractivity contribution >= 4 is 89.3 Å². The van der Waals surface area contributed by atoms with Gasteiger partial charge in [-0.15, -0.1) is 11.3 Å². The highest BCUT2D eigenvalue weighted by Gasteiger charge is 2.48. The van der Waals surface area contributed by atoms with Crippen LogP contribution >= 0.6 is 11.3 Å². The molecule has 82 heavy (non-hydrogen) atoms. The summed E-state index contributed by atoms with van der Waals surface area (Å²) in [5, 5.41) is 1.40. The lowest BCUT2D eigenvalue weighted by Crippen LogP contribution is -2.60. The van der Waals surface area contributed by atoms with Crippen LogP contribution in [0.3, 0.4) is 0 Å². The molecule has 0 saturated carbocycles. The van der Waals surface area contributed by atoms with E-state index in [1.54, 1.807) is 0 Å². The fraction of sp³-hybridized carbons (Fsp3) is 0.455. The Morgan fingerprint density at radius 3 is 1.71 bits per heavy atom. The molecule has 0 amide bonds. The monoisotopic (exact) mass is 1100 g/mol. The van der Waals surface area contributed by atoms with Gasteiger partial charge in [0.25, 0.3) is 6.71 Å². The highest BCUT2D eigenvalue weighted by atomic mass is 32.1. The van der Waals surface area contributed by atoms with Crippen LogP contribution in [0.15, 0.2) is 127 Å². The molecule has 0 N–H and O–H groups in total. The van der Waals surface area contributed by atoms with Crippen molar-refractivity contribution in [1.29, 1.82) is 0 Å². The molecule has 2 atom stereocenters. The number of nitrogens with zero attached hydrogens (tertiary/aromatic N) is 3. The van der Waals surface area contributed by atoms with Gasteiger partial charge in [-0.1, -0.05) is 167 Å². The number of fused-ring (bicyclic) bond motifs is 9. The third kappa shape index (κ3) is 8.67. The molecule has 3 heterocycles. The molecular formula is C77H92BN3S. The van der Waals surface area contributed by atoms with Crippen LogP contribution in [0.5, 0.6) is 0 Å². The first-order valence-corrected chi connectivity index (χ1v) is 32.3. The van der Waals surface area contributed by atoms with Gasteiger partial charge in [-0.3, -0.25) is 0 Å². The van der Waals surface area contributed by atoms with Crippen LogP contribution < -0.4 is 30.4 Å². The van der Waals surface area contributed by atoms with Gasteiger partial charge >= 0.3 is 0 Å². The molecule has 0 unspecified atom stereocenters. The van der Waals surface area contributed by atoms with E-state index in [2.05, 4.69) is 273 Å². The molecule has 6 aliphatic rings. The largest absolute Gasteiger partial charge is 0.314 e. The Balaban J connectivity index is 1.11. The number of rotatable bonds is 5. The molecule has 7 aromatic rings. The third-order valence-electron chi connectivity index (χ3n) is 21.5. The minimum absolute atomic E-state index is 0.0156. The van der Waals surface area contributed by atoms with Crippen molar-refractivity contribution in [2.45, 2.75) is 215 Å². The summed E-state index contributed by atoms with van der Waals surface area (Å²) in [6.45, 7) is 46.2. The van der Waals surface area contributed by atoms with Crippen molar-refractivity contribution in [2.75, 3.05) is 14.7 Å². The van der Waals surface area contributed by atoms with E-state index in [-0.39, 0.29) is 44.6 Å². The lowest BCUT2D eigenvalue weighted by molar-refractivity contribution is 0.332. The summed E-state index contributed by atoms with van der Waals surface area (Å²) >= 11 is 2.07. The van der Waals surface area contributed by atoms with E-state index < -0.39 is 0 Å². The first-order valence-electron chi connectivity index (χ1n) is 31.5. The van der Waals surface area contributed by atoms with E-state index in [0.717, 1.165) is 6.42 Å². The summed E-state index contributed by atoms with van der Waals surface area (Å²) in [7, 11) is 0. The first-order chi connectivity index (χ1) is 38.3. The molecule has 13 rings (SSSR count). The molecule has 0 saturated heterocycles. The summed E-state index contributed by atoms with van der Waals surface area (Å²) in [5.74, 6) is 0.887. The average molecular weight is 1100 g/mol. The van der Waals surface area contributed by atoms with E-state index in [0.29, 0.717) is 11.8 Å². The predicted octanol–water partition coefficient (Wildman–Crippen LogP) is 20.5. The van der Waals surface area contributed by atoms with Crippen LogP contribution in [0.4, 0.5) is 45.5 Å². The number of aryl methyl sites for hydroxylation is 1. The van der Waals surface area contributed by atoms with Gasteiger partial charge in [0.1, 0.15) is 0 Å². The van der Waals surface area contributed by atoms with Crippen molar-refractivity contribution in [1.82, 2.24) is 0 Å². The summed E-state index contributed by atoms with van der Waals surface area (Å²) in [6.07, 6.45) is 13.0. The van der Waals surface area contributed by atoms with Gasteiger partial charge in [-0.05, 0) is 236 Å². The molecule has 0 fully saturated rings. The van der Waals surface area contributed by atoms with Gasteiger partial charge < -0.3 is 14.7 Å². The van der Waals surface area contributed by atoms with E-state index >= 15 is 0 Å². The topological polar surface area (TPSA) is 9.72 Å². The SMILES string of the molecule is Cc1cc2c3c(c1)N(c1ccc4c(c1)C(C)(C)CCC4(C)C)c1c(sc4cc5c(cc14)C(C)(C)CCC5(C)C)B3c1ccc(N(C3=CC=C(C(C)(C)C)[C@H](C)C3)c3ccc(C(C)(C)C)cc3)cc1N2c1ccc2c(c1)[C@@H](C)CCC2(C)C. The summed E-state index contributed by atoms with van der Waals surface area (Å²) in [4.78, 5) is 8.08. The van der Waals surface area contributed by atoms with Gasteiger partial charge in [0, 0.05) is 60.4 Å². The Bertz CT molecular complexity index is 3860. The second-order valence-electron chi connectivity index (χ2n) is 31.9. The number of hydrogen-bond donors (Lipinski definition) is 0. The highest BCUT2D eigenvalue weighted by Crippen LogP contribution is 2.56. The number of hydrogen-bond acceptors (Lipinski definition) is 4. The molecule has 4 aliphatic carbocycles. The van der Waals surface area contributed by atoms with Gasteiger partial charge in [-0.2, -0.15) is 0 Å². The minimum Gasteiger partial charge on any atom is -0.314 e. The van der Waals surface area contributed by atoms with Crippen molar-refractivity contribution < 1.29 is 0 Å². The minimum atomic E-state index is 0.0156. The Hall–Kier alpha value is -5.78. The number of anilines is 8. The van der Waals surface area contributed by atoms with Crippen molar-refractivity contribution in [2.24, 2.45) is 11.3 Å². The zero-order valence-corrected chi connectivity index (χ0v) is 54.2. The molecule has 0 spiro atoms. The molecule has 0 bridgehead atoms. The molecule has 2 aliphatic heterocycles. The molecule has 6 aromatic carbocycles. The Kier molecular flexibility index (Phi) is 12.4. The van der Waals surface area contributed by atoms with Crippen LogP contribution in [0.2, 0.25) is 0 Å². The number of allylic oxidation sites excluding steroid dienone is 4. The standard InChI is InChI=1S/C77H92BN3S/c1-46-38-65-68-66(39-46)81(53-26-30-59-60(42-53)75(14,15)35-34-74(59,12)13)69-56-44-61-62(77(18,19)37-36-76(61,16)17)45-67(56)82-70(69)78(68)63-31-27-54(43-64(63)80(65)52-25-29-58-55(41-52)47(2)32-33-73(58,10)11)79(50-22-20-49(21-23-50)71(4,5)6)51-24-28-57(48(3)40-51)72(7,8)9/h20-31,38-39,41-45,47-48H,32-37,40H2,1-19H3/t47-,48+/m0/s1. The lowest BCUT2D eigenvalue weighted by Gasteiger charge is -2.45. The Morgan fingerprint density at radius 2 is 1.09 bits per heavy atom. The van der Waals surface area contributed by atoms with Crippen LogP contribution in [0, 0.1) is 18.3 Å². The van der Waals surface area contributed by atoms with E-state index in [9.17, 15) is 0 Å². The van der Waals surface area contributed by atoms with Crippen LogP contribution in [-0.4, -0.2) is 6.71 Å². The summed E-state index contributed by atoms with van der Waals surface area (Å²) < 4.78 is 2.86. The van der Waals surface area contributed by atoms with E-state index in [1.165, 1.54) is 166 Å². The Labute approximate surface area is 498 Å². The summed E-state index contributed by atoms with van der Waals surface area (Å²) in [5.41, 5.74) is 28.1. The smallest absolute Gasteiger partial charge is 0.264 e. The zero-order chi connectivity index (χ0) is 58.3. The normalized spacial score (nSPS) is 21.6. The van der Waals surface area contributed by atoms with Crippen LogP contribution in [0.25, 0.3) is 10.1 Å². The van der Waals surface area contributed by atoms with Gasteiger partial charge in [0.2, 0.25) is 0 Å². The maximum atomic E-state index is 2.76. The van der Waals surface area contributed by atoms with Crippen molar-refractivity contribution in [3.05, 3.63) is 171 Å². The zero-order valence-electron chi connectivity index (χ0n) is 53.4. The van der Waals surface area contributed by atoms with Crippen LogP contribution in [-0.2, 0) is 32.5 Å². The first kappa shape index (κ1) is 55.4. The third-order valence-corrected chi connectivity index (χ3v) is 22.7. The maximum Gasteiger partial charge on any atom is 0.264 e. The van der Waals surface area contributed by atoms with E-state index in [4.69, 9.17) is 0 Å². The highest BCUT2D eigenvalue weighted by molar-refractivity contribution is 7.33. The molecule has 3 nitrogen and oxygen atoms in total. The predicted molar refractivity (Wildman–Crippen MR) is 359 cm³/mol. The molecule has 5 heteroatoms. The fourth-order valence-electron chi connectivity index (χ4n) is 16.2. The Morgan fingerprint density at radius 1 is 0.524 bits per heavy atom.